The Balaban J connectivity index is 1.52. The van der Waals surface area contributed by atoms with Crippen molar-refractivity contribution in [3.63, 3.8) is 0 Å². The fourth-order valence-corrected chi connectivity index (χ4v) is 3.30. The van der Waals surface area contributed by atoms with Gasteiger partial charge in [0.25, 0.3) is 0 Å². The van der Waals surface area contributed by atoms with E-state index in [-0.39, 0.29) is 12.1 Å². The van der Waals surface area contributed by atoms with Crippen LogP contribution in [0.3, 0.4) is 0 Å². The van der Waals surface area contributed by atoms with Crippen LogP contribution in [-0.2, 0) is 6.54 Å². The van der Waals surface area contributed by atoms with Crippen molar-refractivity contribution in [2.24, 2.45) is 0 Å². The van der Waals surface area contributed by atoms with Gasteiger partial charge in [0.1, 0.15) is 11.5 Å². The highest BCUT2D eigenvalue weighted by Crippen LogP contribution is 2.24. The van der Waals surface area contributed by atoms with Crippen molar-refractivity contribution >= 4 is 6.03 Å². The number of benzene rings is 1. The van der Waals surface area contributed by atoms with Gasteiger partial charge in [0.2, 0.25) is 0 Å². The Morgan fingerprint density at radius 3 is 2.81 bits per heavy atom. The van der Waals surface area contributed by atoms with Gasteiger partial charge in [-0.2, -0.15) is 0 Å². The third-order valence-electron chi connectivity index (χ3n) is 5.05. The standard InChI is InChI=1S/C21H28N2O3/c1-16(20-12-7-13-25-20)23(2)21(24)22-15-17-8-6-11-19(14-17)26-18-9-4-3-5-10-18/h6-8,11-14,16,18H,3-5,9-10,15H2,1-2H3,(H,22,24). The molecule has 1 heterocycles. The number of hydrogen-bond acceptors (Lipinski definition) is 3. The SMILES string of the molecule is CC(c1ccco1)N(C)C(=O)NCc1cccc(OC2CCCCC2)c1. The monoisotopic (exact) mass is 356 g/mol. The van der Waals surface area contributed by atoms with Gasteiger partial charge < -0.3 is 19.4 Å². The van der Waals surface area contributed by atoms with Gasteiger partial charge in [-0.05, 0) is 62.4 Å². The number of nitrogens with zero attached hydrogens (tertiary/aromatic N) is 1. The van der Waals surface area contributed by atoms with Crippen molar-refractivity contribution in [3.8, 4) is 5.75 Å². The molecule has 0 spiro atoms. The van der Waals surface area contributed by atoms with Crippen LogP contribution in [0.2, 0.25) is 0 Å². The quantitative estimate of drug-likeness (QED) is 0.801. The van der Waals surface area contributed by atoms with E-state index in [0.717, 1.165) is 29.9 Å². The normalized spacial score (nSPS) is 16.1. The van der Waals surface area contributed by atoms with Gasteiger partial charge in [0, 0.05) is 13.6 Å². The number of rotatable bonds is 6. The first-order valence-corrected chi connectivity index (χ1v) is 9.43. The molecule has 0 radical (unpaired) electrons. The fourth-order valence-electron chi connectivity index (χ4n) is 3.30. The number of urea groups is 1. The van der Waals surface area contributed by atoms with Crippen LogP contribution in [0, 0.1) is 0 Å². The molecule has 2 aromatic rings. The lowest BCUT2D eigenvalue weighted by molar-refractivity contribution is 0.155. The Bertz CT molecular complexity index is 693. The molecule has 1 fully saturated rings. The van der Waals surface area contributed by atoms with Gasteiger partial charge in [-0.3, -0.25) is 0 Å². The highest BCUT2D eigenvalue weighted by molar-refractivity contribution is 5.74. The number of amides is 2. The summed E-state index contributed by atoms with van der Waals surface area (Å²) in [4.78, 5) is 14.0. The van der Waals surface area contributed by atoms with Crippen molar-refractivity contribution in [1.82, 2.24) is 10.2 Å². The summed E-state index contributed by atoms with van der Waals surface area (Å²) in [6.07, 6.45) is 8.04. The van der Waals surface area contributed by atoms with Crippen LogP contribution < -0.4 is 10.1 Å². The molecule has 1 aromatic carbocycles. The molecule has 140 valence electrons. The van der Waals surface area contributed by atoms with Crippen LogP contribution in [0.1, 0.15) is 56.4 Å². The molecule has 0 saturated heterocycles. The second-order valence-corrected chi connectivity index (χ2v) is 6.99. The van der Waals surface area contributed by atoms with E-state index in [1.54, 1.807) is 18.2 Å². The van der Waals surface area contributed by atoms with Gasteiger partial charge in [0.05, 0.1) is 18.4 Å². The first kappa shape index (κ1) is 18.4. The minimum atomic E-state index is -0.132. The lowest BCUT2D eigenvalue weighted by atomic mass is 9.98. The minimum Gasteiger partial charge on any atom is -0.490 e. The number of nitrogens with one attached hydrogen (secondary N) is 1. The zero-order valence-electron chi connectivity index (χ0n) is 15.6. The Labute approximate surface area is 155 Å². The lowest BCUT2D eigenvalue weighted by Gasteiger charge is -2.24. The molecule has 1 saturated carbocycles. The van der Waals surface area contributed by atoms with Crippen molar-refractivity contribution in [1.29, 1.82) is 0 Å². The maximum absolute atomic E-state index is 12.4. The fraction of sp³-hybridized carbons (Fsp3) is 0.476. The molecule has 0 bridgehead atoms. The maximum Gasteiger partial charge on any atom is 0.318 e. The molecule has 0 aliphatic heterocycles. The van der Waals surface area contributed by atoms with Crippen molar-refractivity contribution in [3.05, 3.63) is 54.0 Å². The topological polar surface area (TPSA) is 54.7 Å². The van der Waals surface area contributed by atoms with Crippen LogP contribution in [0.25, 0.3) is 0 Å². The minimum absolute atomic E-state index is 0.119. The molecule has 1 aliphatic carbocycles. The summed E-state index contributed by atoms with van der Waals surface area (Å²) >= 11 is 0. The van der Waals surface area contributed by atoms with Crippen LogP contribution in [0.5, 0.6) is 5.75 Å². The van der Waals surface area contributed by atoms with E-state index in [1.807, 2.05) is 43.3 Å². The molecule has 1 unspecified atom stereocenters. The van der Waals surface area contributed by atoms with Gasteiger partial charge in [-0.15, -0.1) is 0 Å². The summed E-state index contributed by atoms with van der Waals surface area (Å²) in [6.45, 7) is 2.41. The Hall–Kier alpha value is -2.43. The number of hydrogen-bond donors (Lipinski definition) is 1. The first-order valence-electron chi connectivity index (χ1n) is 9.43. The second kappa shape index (κ2) is 8.79. The number of carbonyl (C=O) groups excluding carboxylic acids is 1. The van der Waals surface area contributed by atoms with Crippen LogP contribution in [0.15, 0.2) is 47.1 Å². The van der Waals surface area contributed by atoms with E-state index in [2.05, 4.69) is 5.32 Å². The summed E-state index contributed by atoms with van der Waals surface area (Å²) in [7, 11) is 1.77. The van der Waals surface area contributed by atoms with E-state index in [9.17, 15) is 4.79 Å². The maximum atomic E-state index is 12.4. The summed E-state index contributed by atoms with van der Waals surface area (Å²) in [5.74, 6) is 1.66. The van der Waals surface area contributed by atoms with Crippen LogP contribution in [0.4, 0.5) is 4.79 Å². The zero-order chi connectivity index (χ0) is 18.4. The smallest absolute Gasteiger partial charge is 0.318 e. The first-order chi connectivity index (χ1) is 12.6. The molecular weight excluding hydrogens is 328 g/mol. The van der Waals surface area contributed by atoms with Gasteiger partial charge in [0.15, 0.2) is 0 Å². The van der Waals surface area contributed by atoms with Crippen molar-refractivity contribution < 1.29 is 13.9 Å². The van der Waals surface area contributed by atoms with Gasteiger partial charge >= 0.3 is 6.03 Å². The van der Waals surface area contributed by atoms with E-state index < -0.39 is 0 Å². The predicted molar refractivity (Wildman–Crippen MR) is 101 cm³/mol. The molecule has 1 N–H and O–H groups in total. The molecule has 1 aliphatic rings. The van der Waals surface area contributed by atoms with Crippen molar-refractivity contribution in [2.45, 2.75) is 57.7 Å². The Morgan fingerprint density at radius 1 is 1.27 bits per heavy atom. The van der Waals surface area contributed by atoms with Gasteiger partial charge in [-0.1, -0.05) is 18.6 Å². The summed E-state index contributed by atoms with van der Waals surface area (Å²) in [5.41, 5.74) is 1.03. The zero-order valence-corrected chi connectivity index (χ0v) is 15.6. The van der Waals surface area contributed by atoms with Crippen LogP contribution in [-0.4, -0.2) is 24.1 Å². The molecule has 1 atom stereocenters. The Morgan fingerprint density at radius 2 is 2.08 bits per heavy atom. The number of furan rings is 1. The summed E-state index contributed by atoms with van der Waals surface area (Å²) in [6, 6.07) is 11.4. The third-order valence-corrected chi connectivity index (χ3v) is 5.05. The van der Waals surface area contributed by atoms with E-state index >= 15 is 0 Å². The third kappa shape index (κ3) is 4.81. The molecular formula is C21H28N2O3. The van der Waals surface area contributed by atoms with E-state index in [1.165, 1.54) is 19.3 Å². The molecule has 26 heavy (non-hydrogen) atoms. The number of carbonyl (C=O) groups is 1. The largest absolute Gasteiger partial charge is 0.490 e. The Kier molecular flexibility index (Phi) is 6.21. The molecule has 3 rings (SSSR count). The highest BCUT2D eigenvalue weighted by atomic mass is 16.5. The molecule has 1 aromatic heterocycles. The average Bonchev–Trinajstić information content (AvgIpc) is 3.21. The molecule has 5 nitrogen and oxygen atoms in total. The van der Waals surface area contributed by atoms with Crippen LogP contribution >= 0.6 is 0 Å². The highest BCUT2D eigenvalue weighted by Gasteiger charge is 2.19. The number of ether oxygens (including phenoxy) is 1. The van der Waals surface area contributed by atoms with Crippen molar-refractivity contribution in [2.75, 3.05) is 7.05 Å². The summed E-state index contributed by atoms with van der Waals surface area (Å²) in [5, 5.41) is 2.96. The van der Waals surface area contributed by atoms with E-state index in [4.69, 9.17) is 9.15 Å². The molecule has 5 heteroatoms. The predicted octanol–water partition coefficient (Wildman–Crippen LogP) is 4.89. The summed E-state index contributed by atoms with van der Waals surface area (Å²) < 4.78 is 11.5. The molecule has 2 amide bonds. The second-order valence-electron chi connectivity index (χ2n) is 6.99. The van der Waals surface area contributed by atoms with Gasteiger partial charge in [-0.25, -0.2) is 4.79 Å². The lowest BCUT2D eigenvalue weighted by Crippen LogP contribution is -2.38. The average molecular weight is 356 g/mol. The van der Waals surface area contributed by atoms with E-state index in [0.29, 0.717) is 12.6 Å².